The molecule has 0 N–H and O–H groups in total. The van der Waals surface area contributed by atoms with Crippen LogP contribution in [0.1, 0.15) is 19.9 Å². The van der Waals surface area contributed by atoms with Gasteiger partial charge in [0.05, 0.1) is 11.2 Å². The van der Waals surface area contributed by atoms with Crippen molar-refractivity contribution in [2.24, 2.45) is 0 Å². The molecule has 2 aromatic rings. The van der Waals surface area contributed by atoms with Crippen molar-refractivity contribution in [3.8, 4) is 11.3 Å². The Labute approximate surface area is 98.7 Å². The molecule has 0 radical (unpaired) electrons. The second-order valence-corrected chi connectivity index (χ2v) is 4.29. The fourth-order valence-electron chi connectivity index (χ4n) is 1.47. The van der Waals surface area contributed by atoms with E-state index in [4.69, 9.17) is 11.6 Å². The second kappa shape index (κ2) is 4.26. The zero-order valence-corrected chi connectivity index (χ0v) is 9.87. The summed E-state index contributed by atoms with van der Waals surface area (Å²) < 4.78 is 15.3. The summed E-state index contributed by atoms with van der Waals surface area (Å²) in [7, 11) is 0. The van der Waals surface area contributed by atoms with Gasteiger partial charge < -0.3 is 0 Å². The highest BCUT2D eigenvalue weighted by Crippen LogP contribution is 2.28. The van der Waals surface area contributed by atoms with Crippen LogP contribution < -0.4 is 0 Å². The lowest BCUT2D eigenvalue weighted by Crippen LogP contribution is -2.00. The van der Waals surface area contributed by atoms with E-state index >= 15 is 0 Å². The highest BCUT2D eigenvalue weighted by molar-refractivity contribution is 6.33. The van der Waals surface area contributed by atoms with Gasteiger partial charge in [-0.3, -0.25) is 4.68 Å². The minimum absolute atomic E-state index is 0.130. The van der Waals surface area contributed by atoms with E-state index in [1.165, 1.54) is 6.20 Å². The monoisotopic (exact) mass is 238 g/mol. The number of halogens is 2. The van der Waals surface area contributed by atoms with Crippen LogP contribution in [0, 0.1) is 5.82 Å². The van der Waals surface area contributed by atoms with Crippen molar-refractivity contribution in [2.75, 3.05) is 0 Å². The average molecular weight is 239 g/mol. The van der Waals surface area contributed by atoms with Gasteiger partial charge in [-0.2, -0.15) is 5.10 Å². The molecule has 0 fully saturated rings. The van der Waals surface area contributed by atoms with Gasteiger partial charge in [0.2, 0.25) is 0 Å². The summed E-state index contributed by atoms with van der Waals surface area (Å²) in [5, 5.41) is 4.71. The first-order valence-electron chi connectivity index (χ1n) is 5.09. The summed E-state index contributed by atoms with van der Waals surface area (Å²) in [5.41, 5.74) is 0.931. The van der Waals surface area contributed by atoms with E-state index in [1.807, 2.05) is 26.0 Å². The van der Waals surface area contributed by atoms with E-state index in [-0.39, 0.29) is 11.9 Å². The van der Waals surface area contributed by atoms with Gasteiger partial charge in [-0.25, -0.2) is 4.39 Å². The standard InChI is InChI=1S/C12H12ClFN2/c1-8(2)16-7-11(14)12(15-16)9-5-3-4-6-10(9)13/h3-8H,1-2H3. The molecule has 0 aliphatic heterocycles. The molecular formula is C12H12ClFN2. The normalized spacial score (nSPS) is 11.1. The molecule has 0 spiro atoms. The summed E-state index contributed by atoms with van der Waals surface area (Å²) >= 11 is 6.00. The molecular weight excluding hydrogens is 227 g/mol. The summed E-state index contributed by atoms with van der Waals surface area (Å²) in [6.07, 6.45) is 1.39. The maximum atomic E-state index is 13.7. The predicted octanol–water partition coefficient (Wildman–Crippen LogP) is 3.92. The maximum absolute atomic E-state index is 13.7. The Kier molecular flexibility index (Phi) is 2.97. The molecule has 0 saturated heterocycles. The van der Waals surface area contributed by atoms with Gasteiger partial charge in [-0.05, 0) is 19.9 Å². The number of benzene rings is 1. The van der Waals surface area contributed by atoms with Gasteiger partial charge in [0, 0.05) is 11.6 Å². The van der Waals surface area contributed by atoms with Crippen molar-refractivity contribution in [1.29, 1.82) is 0 Å². The molecule has 0 atom stereocenters. The molecule has 0 aliphatic carbocycles. The van der Waals surface area contributed by atoms with Gasteiger partial charge in [-0.15, -0.1) is 0 Å². The second-order valence-electron chi connectivity index (χ2n) is 3.88. The van der Waals surface area contributed by atoms with E-state index in [9.17, 15) is 4.39 Å². The van der Waals surface area contributed by atoms with E-state index < -0.39 is 0 Å². The van der Waals surface area contributed by atoms with Gasteiger partial charge in [-0.1, -0.05) is 29.8 Å². The van der Waals surface area contributed by atoms with Crippen LogP contribution in [0.25, 0.3) is 11.3 Å². The third kappa shape index (κ3) is 1.95. The van der Waals surface area contributed by atoms with E-state index in [1.54, 1.807) is 16.8 Å². The minimum Gasteiger partial charge on any atom is -0.267 e. The van der Waals surface area contributed by atoms with Crippen LogP contribution in [0.15, 0.2) is 30.5 Å². The van der Waals surface area contributed by atoms with Crippen LogP contribution in [0.5, 0.6) is 0 Å². The largest absolute Gasteiger partial charge is 0.267 e. The first-order chi connectivity index (χ1) is 7.59. The first-order valence-corrected chi connectivity index (χ1v) is 5.47. The number of nitrogens with zero attached hydrogens (tertiary/aromatic N) is 2. The van der Waals surface area contributed by atoms with Crippen LogP contribution in [0.3, 0.4) is 0 Å². The molecule has 0 saturated carbocycles. The predicted molar refractivity (Wildman–Crippen MR) is 63.0 cm³/mol. The lowest BCUT2D eigenvalue weighted by molar-refractivity contribution is 0.527. The molecule has 2 rings (SSSR count). The van der Waals surface area contributed by atoms with Crippen LogP contribution in [-0.4, -0.2) is 9.78 Å². The zero-order valence-electron chi connectivity index (χ0n) is 9.11. The quantitative estimate of drug-likeness (QED) is 0.775. The first kappa shape index (κ1) is 11.1. The van der Waals surface area contributed by atoms with Crippen LogP contribution in [0.2, 0.25) is 5.02 Å². The molecule has 0 amide bonds. The van der Waals surface area contributed by atoms with Crippen molar-refractivity contribution in [1.82, 2.24) is 9.78 Å². The Bertz CT molecular complexity index is 505. The highest BCUT2D eigenvalue weighted by Gasteiger charge is 2.14. The fraction of sp³-hybridized carbons (Fsp3) is 0.250. The Hall–Kier alpha value is -1.35. The van der Waals surface area contributed by atoms with Gasteiger partial charge in [0.1, 0.15) is 5.69 Å². The van der Waals surface area contributed by atoms with E-state index in [0.29, 0.717) is 16.3 Å². The summed E-state index contributed by atoms with van der Waals surface area (Å²) in [6.45, 7) is 3.89. The summed E-state index contributed by atoms with van der Waals surface area (Å²) in [6, 6.07) is 7.24. The molecule has 84 valence electrons. The van der Waals surface area contributed by atoms with Crippen molar-refractivity contribution in [3.05, 3.63) is 41.3 Å². The zero-order chi connectivity index (χ0) is 11.7. The molecule has 2 nitrogen and oxygen atoms in total. The Morgan fingerprint density at radius 1 is 1.31 bits per heavy atom. The molecule has 0 aliphatic rings. The third-order valence-corrected chi connectivity index (χ3v) is 2.67. The molecule has 1 aromatic carbocycles. The SMILES string of the molecule is CC(C)n1cc(F)c(-c2ccccc2Cl)n1. The average Bonchev–Trinajstić information content (AvgIpc) is 2.61. The Balaban J connectivity index is 2.52. The molecule has 16 heavy (non-hydrogen) atoms. The topological polar surface area (TPSA) is 17.8 Å². The van der Waals surface area contributed by atoms with Crippen LogP contribution in [0.4, 0.5) is 4.39 Å². The third-order valence-electron chi connectivity index (χ3n) is 2.35. The van der Waals surface area contributed by atoms with Crippen molar-refractivity contribution in [3.63, 3.8) is 0 Å². The summed E-state index contributed by atoms with van der Waals surface area (Å²) in [5.74, 6) is -0.346. The van der Waals surface area contributed by atoms with Crippen LogP contribution in [-0.2, 0) is 0 Å². The Morgan fingerprint density at radius 2 is 2.00 bits per heavy atom. The number of hydrogen-bond donors (Lipinski definition) is 0. The molecule has 1 aromatic heterocycles. The molecule has 4 heteroatoms. The van der Waals surface area contributed by atoms with E-state index in [2.05, 4.69) is 5.10 Å². The molecule has 0 bridgehead atoms. The van der Waals surface area contributed by atoms with Crippen molar-refractivity contribution in [2.45, 2.75) is 19.9 Å². The number of hydrogen-bond acceptors (Lipinski definition) is 1. The molecule has 0 unspecified atom stereocenters. The highest BCUT2D eigenvalue weighted by atomic mass is 35.5. The Morgan fingerprint density at radius 3 is 2.56 bits per heavy atom. The van der Waals surface area contributed by atoms with Crippen LogP contribution >= 0.6 is 11.6 Å². The van der Waals surface area contributed by atoms with Gasteiger partial charge in [0.25, 0.3) is 0 Å². The lowest BCUT2D eigenvalue weighted by atomic mass is 10.1. The fourth-order valence-corrected chi connectivity index (χ4v) is 1.69. The minimum atomic E-state index is -0.346. The lowest BCUT2D eigenvalue weighted by Gasteiger charge is -2.03. The smallest absolute Gasteiger partial charge is 0.169 e. The maximum Gasteiger partial charge on any atom is 0.169 e. The number of aromatic nitrogens is 2. The number of rotatable bonds is 2. The van der Waals surface area contributed by atoms with Gasteiger partial charge >= 0.3 is 0 Å². The van der Waals surface area contributed by atoms with Crippen molar-refractivity contribution >= 4 is 11.6 Å². The van der Waals surface area contributed by atoms with Gasteiger partial charge in [0.15, 0.2) is 5.82 Å². The summed E-state index contributed by atoms with van der Waals surface area (Å²) in [4.78, 5) is 0. The van der Waals surface area contributed by atoms with Crippen molar-refractivity contribution < 1.29 is 4.39 Å². The van der Waals surface area contributed by atoms with E-state index in [0.717, 1.165) is 0 Å². The molecule has 1 heterocycles.